The van der Waals surface area contributed by atoms with Gasteiger partial charge in [0.15, 0.2) is 17.6 Å². The minimum atomic E-state index is -0.932. The van der Waals surface area contributed by atoms with Gasteiger partial charge < -0.3 is 19.5 Å². The van der Waals surface area contributed by atoms with Gasteiger partial charge in [0.1, 0.15) is 0 Å². The third-order valence-corrected chi connectivity index (χ3v) is 3.89. The van der Waals surface area contributed by atoms with Crippen molar-refractivity contribution in [2.45, 2.75) is 26.9 Å². The molecule has 1 atom stereocenters. The van der Waals surface area contributed by atoms with Crippen molar-refractivity contribution in [1.82, 2.24) is 0 Å². The second-order valence-corrected chi connectivity index (χ2v) is 5.92. The van der Waals surface area contributed by atoms with Gasteiger partial charge in [-0.1, -0.05) is 17.7 Å². The highest BCUT2D eigenvalue weighted by Crippen LogP contribution is 2.34. The average Bonchev–Trinajstić information content (AvgIpc) is 3.02. The largest absolute Gasteiger partial charge is 0.454 e. The normalized spacial score (nSPS) is 13.2. The number of hydrogen-bond acceptors (Lipinski definition) is 5. The molecule has 2 aromatic carbocycles. The standard InChI is InChI=1S/C19H19NO5/c1-11-4-6-15(12(2)8-11)19(22)25-13(3)18(21)20-14-5-7-16-17(9-14)24-10-23-16/h4-9,13H,10H2,1-3H3,(H,20,21)/t13-/m0/s1. The minimum Gasteiger partial charge on any atom is -0.454 e. The Morgan fingerprint density at radius 1 is 1.08 bits per heavy atom. The zero-order valence-corrected chi connectivity index (χ0v) is 14.3. The molecule has 0 spiro atoms. The summed E-state index contributed by atoms with van der Waals surface area (Å²) in [6.07, 6.45) is -0.932. The number of anilines is 1. The van der Waals surface area contributed by atoms with E-state index < -0.39 is 18.0 Å². The summed E-state index contributed by atoms with van der Waals surface area (Å²) in [6.45, 7) is 5.48. The fourth-order valence-corrected chi connectivity index (χ4v) is 2.54. The number of carbonyl (C=O) groups is 2. The fraction of sp³-hybridized carbons (Fsp3) is 0.263. The second-order valence-electron chi connectivity index (χ2n) is 5.92. The van der Waals surface area contributed by atoms with Crippen molar-refractivity contribution in [3.8, 4) is 11.5 Å². The summed E-state index contributed by atoms with van der Waals surface area (Å²) in [4.78, 5) is 24.5. The van der Waals surface area contributed by atoms with E-state index in [1.165, 1.54) is 6.92 Å². The van der Waals surface area contributed by atoms with Crippen LogP contribution in [0.2, 0.25) is 0 Å². The van der Waals surface area contributed by atoms with E-state index in [2.05, 4.69) is 5.32 Å². The molecule has 1 aliphatic heterocycles. The third kappa shape index (κ3) is 3.74. The molecule has 130 valence electrons. The Labute approximate surface area is 145 Å². The molecule has 0 saturated carbocycles. The van der Waals surface area contributed by atoms with Crippen LogP contribution in [-0.4, -0.2) is 24.8 Å². The Morgan fingerprint density at radius 3 is 2.60 bits per heavy atom. The van der Waals surface area contributed by atoms with Crippen LogP contribution in [0.3, 0.4) is 0 Å². The van der Waals surface area contributed by atoms with Gasteiger partial charge in [-0.25, -0.2) is 4.79 Å². The molecule has 0 bridgehead atoms. The van der Waals surface area contributed by atoms with Crippen molar-refractivity contribution in [1.29, 1.82) is 0 Å². The molecule has 6 nitrogen and oxygen atoms in total. The van der Waals surface area contributed by atoms with Crippen molar-refractivity contribution in [3.05, 3.63) is 53.1 Å². The Morgan fingerprint density at radius 2 is 1.84 bits per heavy atom. The number of fused-ring (bicyclic) bond motifs is 1. The number of nitrogens with one attached hydrogen (secondary N) is 1. The Bertz CT molecular complexity index is 831. The van der Waals surface area contributed by atoms with Crippen LogP contribution in [0.1, 0.15) is 28.4 Å². The summed E-state index contributed by atoms with van der Waals surface area (Å²) < 4.78 is 15.8. The van der Waals surface area contributed by atoms with Gasteiger partial charge in [-0.05, 0) is 44.5 Å². The van der Waals surface area contributed by atoms with Crippen LogP contribution in [0.5, 0.6) is 11.5 Å². The van der Waals surface area contributed by atoms with Gasteiger partial charge in [0.2, 0.25) is 6.79 Å². The molecule has 0 aliphatic carbocycles. The lowest BCUT2D eigenvalue weighted by atomic mass is 10.1. The molecule has 25 heavy (non-hydrogen) atoms. The van der Waals surface area contributed by atoms with Gasteiger partial charge in [-0.15, -0.1) is 0 Å². The van der Waals surface area contributed by atoms with Crippen molar-refractivity contribution >= 4 is 17.6 Å². The first-order chi connectivity index (χ1) is 11.9. The number of ether oxygens (including phenoxy) is 3. The summed E-state index contributed by atoms with van der Waals surface area (Å²) in [7, 11) is 0. The van der Waals surface area contributed by atoms with E-state index in [4.69, 9.17) is 14.2 Å². The molecule has 1 N–H and O–H groups in total. The smallest absolute Gasteiger partial charge is 0.339 e. The Balaban J connectivity index is 1.63. The number of carbonyl (C=O) groups excluding carboxylic acids is 2. The fourth-order valence-electron chi connectivity index (χ4n) is 2.54. The maximum Gasteiger partial charge on any atom is 0.339 e. The number of rotatable bonds is 4. The Kier molecular flexibility index (Phi) is 4.61. The first-order valence-electron chi connectivity index (χ1n) is 7.93. The first-order valence-corrected chi connectivity index (χ1v) is 7.93. The molecule has 0 saturated heterocycles. The highest BCUT2D eigenvalue weighted by Gasteiger charge is 2.21. The van der Waals surface area contributed by atoms with Crippen molar-refractivity contribution in [3.63, 3.8) is 0 Å². The maximum atomic E-state index is 12.3. The Hall–Kier alpha value is -3.02. The quantitative estimate of drug-likeness (QED) is 0.865. The minimum absolute atomic E-state index is 0.163. The summed E-state index contributed by atoms with van der Waals surface area (Å²) in [6, 6.07) is 10.5. The van der Waals surface area contributed by atoms with Gasteiger partial charge >= 0.3 is 5.97 Å². The molecule has 1 heterocycles. The van der Waals surface area contributed by atoms with Crippen LogP contribution in [-0.2, 0) is 9.53 Å². The zero-order chi connectivity index (χ0) is 18.0. The van der Waals surface area contributed by atoms with Crippen LogP contribution in [0, 0.1) is 13.8 Å². The second kappa shape index (κ2) is 6.84. The third-order valence-electron chi connectivity index (χ3n) is 3.89. The molecule has 1 aliphatic rings. The number of esters is 1. The SMILES string of the molecule is Cc1ccc(C(=O)O[C@@H](C)C(=O)Nc2ccc3c(c2)OCO3)c(C)c1. The molecule has 0 radical (unpaired) electrons. The highest BCUT2D eigenvalue weighted by atomic mass is 16.7. The molecule has 2 aromatic rings. The van der Waals surface area contributed by atoms with Crippen LogP contribution in [0.25, 0.3) is 0 Å². The van der Waals surface area contributed by atoms with E-state index in [9.17, 15) is 9.59 Å². The summed E-state index contributed by atoms with van der Waals surface area (Å²) in [5.74, 6) is 0.257. The number of aryl methyl sites for hydroxylation is 2. The van der Waals surface area contributed by atoms with Crippen molar-refractivity contribution in [2.24, 2.45) is 0 Å². The van der Waals surface area contributed by atoms with E-state index in [-0.39, 0.29) is 6.79 Å². The molecular formula is C19H19NO5. The van der Waals surface area contributed by atoms with Gasteiger partial charge in [0.05, 0.1) is 5.56 Å². The molecule has 0 fully saturated rings. The predicted octanol–water partition coefficient (Wildman–Crippen LogP) is 3.22. The zero-order valence-electron chi connectivity index (χ0n) is 14.3. The average molecular weight is 341 g/mol. The van der Waals surface area contributed by atoms with Crippen LogP contribution in [0.4, 0.5) is 5.69 Å². The molecular weight excluding hydrogens is 322 g/mol. The first kappa shape index (κ1) is 16.8. The van der Waals surface area contributed by atoms with Crippen molar-refractivity contribution < 1.29 is 23.8 Å². The summed E-state index contributed by atoms with van der Waals surface area (Å²) in [5, 5.41) is 2.70. The molecule has 0 unspecified atom stereocenters. The molecule has 3 rings (SSSR count). The number of hydrogen-bond donors (Lipinski definition) is 1. The van der Waals surface area contributed by atoms with Crippen LogP contribution in [0.15, 0.2) is 36.4 Å². The lowest BCUT2D eigenvalue weighted by Crippen LogP contribution is -2.30. The van der Waals surface area contributed by atoms with Gasteiger partial charge in [-0.2, -0.15) is 0 Å². The van der Waals surface area contributed by atoms with Crippen LogP contribution < -0.4 is 14.8 Å². The predicted molar refractivity (Wildman–Crippen MR) is 92.0 cm³/mol. The number of amides is 1. The van der Waals surface area contributed by atoms with Gasteiger partial charge in [0.25, 0.3) is 5.91 Å². The van der Waals surface area contributed by atoms with E-state index in [0.29, 0.717) is 22.7 Å². The van der Waals surface area contributed by atoms with Gasteiger partial charge in [0, 0.05) is 11.8 Å². The maximum absolute atomic E-state index is 12.3. The molecule has 6 heteroatoms. The van der Waals surface area contributed by atoms with E-state index in [1.807, 2.05) is 26.0 Å². The van der Waals surface area contributed by atoms with Crippen molar-refractivity contribution in [2.75, 3.05) is 12.1 Å². The lowest BCUT2D eigenvalue weighted by molar-refractivity contribution is -0.123. The van der Waals surface area contributed by atoms with Crippen LogP contribution >= 0.6 is 0 Å². The highest BCUT2D eigenvalue weighted by molar-refractivity contribution is 5.98. The summed E-state index contributed by atoms with van der Waals surface area (Å²) >= 11 is 0. The van der Waals surface area contributed by atoms with E-state index in [0.717, 1.165) is 11.1 Å². The van der Waals surface area contributed by atoms with E-state index in [1.54, 1.807) is 24.3 Å². The van der Waals surface area contributed by atoms with Gasteiger partial charge in [-0.3, -0.25) is 4.79 Å². The molecule has 1 amide bonds. The number of benzene rings is 2. The molecule has 0 aromatic heterocycles. The lowest BCUT2D eigenvalue weighted by Gasteiger charge is -2.15. The topological polar surface area (TPSA) is 73.9 Å². The monoisotopic (exact) mass is 341 g/mol. The van der Waals surface area contributed by atoms with E-state index >= 15 is 0 Å². The summed E-state index contributed by atoms with van der Waals surface area (Å²) in [5.41, 5.74) is 2.87.